The Hall–Kier alpha value is -0.870. The maximum atomic E-state index is 12.4. The number of likely N-dealkylation sites (tertiary alicyclic amines) is 1. The van der Waals surface area contributed by atoms with Gasteiger partial charge in [-0.05, 0) is 31.0 Å². The third-order valence-electron chi connectivity index (χ3n) is 3.41. The summed E-state index contributed by atoms with van der Waals surface area (Å²) in [5.41, 5.74) is 1.82. The number of aryl methyl sites for hydroxylation is 1. The zero-order chi connectivity index (χ0) is 13.1. The molecule has 0 saturated carbocycles. The van der Waals surface area contributed by atoms with E-state index in [1.165, 1.54) is 0 Å². The Morgan fingerprint density at radius 1 is 1.56 bits per heavy atom. The van der Waals surface area contributed by atoms with Gasteiger partial charge in [0.25, 0.3) is 5.91 Å². The second-order valence-electron chi connectivity index (χ2n) is 4.82. The molecule has 1 fully saturated rings. The normalized spacial score (nSPS) is 19.3. The summed E-state index contributed by atoms with van der Waals surface area (Å²) in [6.07, 6.45) is 1.03. The molecule has 4 heteroatoms. The summed E-state index contributed by atoms with van der Waals surface area (Å²) in [5.74, 6) is 0.610. The number of amides is 1. The lowest BCUT2D eigenvalue weighted by Gasteiger charge is -2.18. The molecule has 1 atom stereocenters. The standard InChI is InChI=1S/C14H18BrNO2/c1-10-3-4-12(15)7-13(10)14(17)16-6-5-11(8-16)9-18-2/h3-4,7,11H,5-6,8-9H2,1-2H3. The molecule has 0 radical (unpaired) electrons. The predicted molar refractivity (Wildman–Crippen MR) is 74.8 cm³/mol. The van der Waals surface area contributed by atoms with Gasteiger partial charge in [-0.1, -0.05) is 22.0 Å². The lowest BCUT2D eigenvalue weighted by molar-refractivity contribution is 0.0774. The number of nitrogens with zero attached hydrogens (tertiary/aromatic N) is 1. The molecule has 0 spiro atoms. The van der Waals surface area contributed by atoms with Gasteiger partial charge in [0.05, 0.1) is 6.61 Å². The van der Waals surface area contributed by atoms with Crippen LogP contribution in [0.3, 0.4) is 0 Å². The first-order chi connectivity index (χ1) is 8.61. The summed E-state index contributed by atoms with van der Waals surface area (Å²) < 4.78 is 6.11. The van der Waals surface area contributed by atoms with Crippen molar-refractivity contribution >= 4 is 21.8 Å². The Labute approximate surface area is 116 Å². The monoisotopic (exact) mass is 311 g/mol. The van der Waals surface area contributed by atoms with Crippen molar-refractivity contribution in [3.63, 3.8) is 0 Å². The van der Waals surface area contributed by atoms with E-state index >= 15 is 0 Å². The number of benzene rings is 1. The lowest BCUT2D eigenvalue weighted by Crippen LogP contribution is -2.29. The minimum atomic E-state index is 0.132. The highest BCUT2D eigenvalue weighted by molar-refractivity contribution is 9.10. The average Bonchev–Trinajstić information content (AvgIpc) is 2.80. The molecule has 3 nitrogen and oxygen atoms in total. The largest absolute Gasteiger partial charge is 0.384 e. The molecular weight excluding hydrogens is 294 g/mol. The van der Waals surface area contributed by atoms with Gasteiger partial charge in [-0.15, -0.1) is 0 Å². The Bertz CT molecular complexity index is 447. The molecule has 1 heterocycles. The Balaban J connectivity index is 2.10. The number of hydrogen-bond donors (Lipinski definition) is 0. The van der Waals surface area contributed by atoms with Crippen LogP contribution in [0.1, 0.15) is 22.3 Å². The predicted octanol–water partition coefficient (Wildman–Crippen LogP) is 2.87. The fourth-order valence-corrected chi connectivity index (χ4v) is 2.74. The van der Waals surface area contributed by atoms with Gasteiger partial charge >= 0.3 is 0 Å². The van der Waals surface area contributed by atoms with E-state index in [4.69, 9.17) is 4.74 Å². The number of carbonyl (C=O) groups excluding carboxylic acids is 1. The van der Waals surface area contributed by atoms with E-state index in [-0.39, 0.29) is 5.91 Å². The highest BCUT2D eigenvalue weighted by Crippen LogP contribution is 2.22. The topological polar surface area (TPSA) is 29.5 Å². The van der Waals surface area contributed by atoms with Gasteiger partial charge in [0, 0.05) is 36.2 Å². The third-order valence-corrected chi connectivity index (χ3v) is 3.90. The van der Waals surface area contributed by atoms with Crippen LogP contribution >= 0.6 is 15.9 Å². The molecule has 1 aliphatic rings. The van der Waals surface area contributed by atoms with Gasteiger partial charge < -0.3 is 9.64 Å². The maximum Gasteiger partial charge on any atom is 0.254 e. The van der Waals surface area contributed by atoms with Crippen molar-refractivity contribution in [2.75, 3.05) is 26.8 Å². The summed E-state index contributed by atoms with van der Waals surface area (Å²) in [7, 11) is 1.71. The first-order valence-electron chi connectivity index (χ1n) is 6.16. The number of methoxy groups -OCH3 is 1. The maximum absolute atomic E-state index is 12.4. The lowest BCUT2D eigenvalue weighted by atomic mass is 10.1. The summed E-state index contributed by atoms with van der Waals surface area (Å²) in [5, 5.41) is 0. The van der Waals surface area contributed by atoms with Crippen molar-refractivity contribution in [3.8, 4) is 0 Å². The second kappa shape index (κ2) is 5.85. The van der Waals surface area contributed by atoms with Crippen LogP contribution in [0.5, 0.6) is 0 Å². The van der Waals surface area contributed by atoms with Crippen molar-refractivity contribution in [3.05, 3.63) is 33.8 Å². The summed E-state index contributed by atoms with van der Waals surface area (Å²) in [6, 6.07) is 5.84. The van der Waals surface area contributed by atoms with Crippen LogP contribution in [-0.4, -0.2) is 37.6 Å². The third kappa shape index (κ3) is 2.93. The Morgan fingerprint density at radius 2 is 2.33 bits per heavy atom. The van der Waals surface area contributed by atoms with Crippen molar-refractivity contribution in [2.45, 2.75) is 13.3 Å². The molecule has 2 rings (SSSR count). The van der Waals surface area contributed by atoms with E-state index in [2.05, 4.69) is 15.9 Å². The van der Waals surface area contributed by atoms with Gasteiger partial charge in [-0.3, -0.25) is 4.79 Å². The fourth-order valence-electron chi connectivity index (χ4n) is 2.38. The summed E-state index contributed by atoms with van der Waals surface area (Å²) in [6.45, 7) is 4.35. The molecule has 0 N–H and O–H groups in total. The zero-order valence-electron chi connectivity index (χ0n) is 10.8. The number of carbonyl (C=O) groups is 1. The first-order valence-corrected chi connectivity index (χ1v) is 6.95. The molecule has 1 aromatic rings. The smallest absolute Gasteiger partial charge is 0.254 e. The molecule has 1 aliphatic heterocycles. The van der Waals surface area contributed by atoms with Crippen LogP contribution in [0.15, 0.2) is 22.7 Å². The molecular formula is C14H18BrNO2. The van der Waals surface area contributed by atoms with Crippen LogP contribution in [0.25, 0.3) is 0 Å². The van der Waals surface area contributed by atoms with Crippen LogP contribution in [0.4, 0.5) is 0 Å². The Kier molecular flexibility index (Phi) is 4.40. The van der Waals surface area contributed by atoms with E-state index in [0.717, 1.165) is 41.7 Å². The van der Waals surface area contributed by atoms with Gasteiger partial charge in [-0.25, -0.2) is 0 Å². The average molecular weight is 312 g/mol. The minimum absolute atomic E-state index is 0.132. The van der Waals surface area contributed by atoms with Gasteiger partial charge in [0.15, 0.2) is 0 Å². The SMILES string of the molecule is COCC1CCN(C(=O)c2cc(Br)ccc2C)C1. The molecule has 1 saturated heterocycles. The van der Waals surface area contributed by atoms with E-state index in [1.807, 2.05) is 30.0 Å². The van der Waals surface area contributed by atoms with Crippen LogP contribution in [0, 0.1) is 12.8 Å². The van der Waals surface area contributed by atoms with Crippen molar-refractivity contribution in [1.82, 2.24) is 4.90 Å². The highest BCUT2D eigenvalue weighted by Gasteiger charge is 2.27. The van der Waals surface area contributed by atoms with E-state index in [1.54, 1.807) is 7.11 Å². The van der Waals surface area contributed by atoms with Crippen molar-refractivity contribution < 1.29 is 9.53 Å². The van der Waals surface area contributed by atoms with Crippen LogP contribution < -0.4 is 0 Å². The van der Waals surface area contributed by atoms with Gasteiger partial charge in [0.2, 0.25) is 0 Å². The second-order valence-corrected chi connectivity index (χ2v) is 5.74. The van der Waals surface area contributed by atoms with Crippen molar-refractivity contribution in [1.29, 1.82) is 0 Å². The fraction of sp³-hybridized carbons (Fsp3) is 0.500. The molecule has 18 heavy (non-hydrogen) atoms. The van der Waals surface area contributed by atoms with Gasteiger partial charge in [-0.2, -0.15) is 0 Å². The molecule has 1 amide bonds. The molecule has 98 valence electrons. The number of ether oxygens (including phenoxy) is 1. The van der Waals surface area contributed by atoms with E-state index in [0.29, 0.717) is 5.92 Å². The van der Waals surface area contributed by atoms with Crippen molar-refractivity contribution in [2.24, 2.45) is 5.92 Å². The Morgan fingerprint density at radius 3 is 3.06 bits per heavy atom. The summed E-state index contributed by atoms with van der Waals surface area (Å²) in [4.78, 5) is 14.4. The quantitative estimate of drug-likeness (QED) is 0.859. The number of halogens is 1. The molecule has 1 unspecified atom stereocenters. The van der Waals surface area contributed by atoms with E-state index in [9.17, 15) is 4.79 Å². The molecule has 0 aromatic heterocycles. The summed E-state index contributed by atoms with van der Waals surface area (Å²) >= 11 is 3.42. The minimum Gasteiger partial charge on any atom is -0.384 e. The molecule has 1 aromatic carbocycles. The highest BCUT2D eigenvalue weighted by atomic mass is 79.9. The number of rotatable bonds is 3. The zero-order valence-corrected chi connectivity index (χ0v) is 12.4. The molecule has 0 bridgehead atoms. The first kappa shape index (κ1) is 13.6. The van der Waals surface area contributed by atoms with Crippen LogP contribution in [0.2, 0.25) is 0 Å². The van der Waals surface area contributed by atoms with Crippen LogP contribution in [-0.2, 0) is 4.74 Å². The van der Waals surface area contributed by atoms with Gasteiger partial charge in [0.1, 0.15) is 0 Å². The molecule has 0 aliphatic carbocycles. The van der Waals surface area contributed by atoms with E-state index < -0.39 is 0 Å². The number of hydrogen-bond acceptors (Lipinski definition) is 2.